The van der Waals surface area contributed by atoms with E-state index in [-0.39, 0.29) is 12.1 Å². The molecule has 0 aliphatic heterocycles. The molecule has 0 saturated carbocycles. The molecule has 0 fully saturated rings. The van der Waals surface area contributed by atoms with E-state index in [9.17, 15) is 4.79 Å². The van der Waals surface area contributed by atoms with Gasteiger partial charge in [-0.1, -0.05) is 47.0 Å². The summed E-state index contributed by atoms with van der Waals surface area (Å²) in [6, 6.07) is 0.227. The summed E-state index contributed by atoms with van der Waals surface area (Å²) < 4.78 is 5.62. The summed E-state index contributed by atoms with van der Waals surface area (Å²) in [7, 11) is 0. The molecule has 0 radical (unpaired) electrons. The normalized spacial score (nSPS) is 14.8. The summed E-state index contributed by atoms with van der Waals surface area (Å²) in [5, 5.41) is 0. The van der Waals surface area contributed by atoms with Crippen LogP contribution in [0.1, 0.15) is 87.5 Å². The molecule has 0 bridgehead atoms. The highest BCUT2D eigenvalue weighted by molar-refractivity contribution is 5.68. The largest absolute Gasteiger partial charge is 0.444 e. The number of ether oxygens (including phenoxy) is 1. The first kappa shape index (κ1) is 21.3. The van der Waals surface area contributed by atoms with Crippen LogP contribution in [-0.4, -0.2) is 29.2 Å². The highest BCUT2D eigenvalue weighted by Crippen LogP contribution is 2.21. The van der Waals surface area contributed by atoms with Crippen molar-refractivity contribution < 1.29 is 9.53 Å². The van der Waals surface area contributed by atoms with Crippen molar-refractivity contribution >= 4 is 6.09 Å². The van der Waals surface area contributed by atoms with Crippen LogP contribution in [0.3, 0.4) is 0 Å². The lowest BCUT2D eigenvalue weighted by atomic mass is 9.95. The van der Waals surface area contributed by atoms with Gasteiger partial charge in [-0.2, -0.15) is 0 Å². The van der Waals surface area contributed by atoms with Crippen molar-refractivity contribution in [1.82, 2.24) is 4.90 Å². The van der Waals surface area contributed by atoms with Gasteiger partial charge in [-0.15, -0.1) is 0 Å². The molecule has 0 aromatic heterocycles. The van der Waals surface area contributed by atoms with Crippen molar-refractivity contribution in [3.63, 3.8) is 0 Å². The van der Waals surface area contributed by atoms with Crippen molar-refractivity contribution in [2.45, 2.75) is 99.1 Å². The molecular weight excluding hydrogens is 274 g/mol. The van der Waals surface area contributed by atoms with Crippen LogP contribution in [0.5, 0.6) is 0 Å². The van der Waals surface area contributed by atoms with Gasteiger partial charge in [-0.25, -0.2) is 4.79 Å². The monoisotopic (exact) mass is 313 g/mol. The fraction of sp³-hybridized carbons (Fsp3) is 0.947. The minimum Gasteiger partial charge on any atom is -0.444 e. The third-order valence-electron chi connectivity index (χ3n) is 4.15. The first-order valence-electron chi connectivity index (χ1n) is 9.08. The Bertz CT molecular complexity index is 307. The lowest BCUT2D eigenvalue weighted by Crippen LogP contribution is -2.45. The molecule has 0 heterocycles. The van der Waals surface area contributed by atoms with E-state index in [4.69, 9.17) is 4.74 Å². The molecule has 3 nitrogen and oxygen atoms in total. The third kappa shape index (κ3) is 9.32. The van der Waals surface area contributed by atoms with Gasteiger partial charge in [-0.05, 0) is 52.4 Å². The Balaban J connectivity index is 4.77. The molecular formula is C19H39NO2. The molecule has 22 heavy (non-hydrogen) atoms. The molecule has 0 aromatic rings. The topological polar surface area (TPSA) is 29.5 Å². The lowest BCUT2D eigenvalue weighted by Gasteiger charge is -2.35. The molecule has 0 aliphatic rings. The zero-order valence-corrected chi connectivity index (χ0v) is 16.2. The molecule has 0 N–H and O–H groups in total. The molecule has 132 valence electrons. The number of unbranched alkanes of at least 4 members (excludes halogenated alkanes) is 2. The van der Waals surface area contributed by atoms with Crippen molar-refractivity contribution in [2.24, 2.45) is 11.8 Å². The summed E-state index contributed by atoms with van der Waals surface area (Å²) >= 11 is 0. The number of carbonyl (C=O) groups is 1. The van der Waals surface area contributed by atoms with Crippen LogP contribution in [0.15, 0.2) is 0 Å². The SMILES string of the molecule is CCCCCC(C)[C@@H](C)N(CCC(C)C)C(=O)OC(C)(C)C. The first-order valence-corrected chi connectivity index (χ1v) is 9.08. The minimum atomic E-state index is -0.432. The third-order valence-corrected chi connectivity index (χ3v) is 4.15. The fourth-order valence-electron chi connectivity index (χ4n) is 2.44. The first-order chi connectivity index (χ1) is 10.1. The van der Waals surface area contributed by atoms with Crippen LogP contribution in [-0.2, 0) is 4.74 Å². The maximum absolute atomic E-state index is 12.6. The van der Waals surface area contributed by atoms with E-state index in [0.29, 0.717) is 11.8 Å². The second-order valence-corrected chi connectivity index (χ2v) is 8.07. The number of rotatable bonds is 9. The van der Waals surface area contributed by atoms with E-state index in [1.54, 1.807) is 0 Å². The van der Waals surface area contributed by atoms with Crippen LogP contribution in [0, 0.1) is 11.8 Å². The van der Waals surface area contributed by atoms with Crippen LogP contribution < -0.4 is 0 Å². The van der Waals surface area contributed by atoms with Crippen molar-refractivity contribution in [3.05, 3.63) is 0 Å². The van der Waals surface area contributed by atoms with Crippen molar-refractivity contribution in [1.29, 1.82) is 0 Å². The minimum absolute atomic E-state index is 0.164. The van der Waals surface area contributed by atoms with E-state index in [2.05, 4.69) is 34.6 Å². The van der Waals surface area contributed by atoms with Crippen LogP contribution in [0.25, 0.3) is 0 Å². The average Bonchev–Trinajstić information content (AvgIpc) is 2.36. The molecule has 0 aromatic carbocycles. The molecule has 3 heteroatoms. The summed E-state index contributed by atoms with van der Waals surface area (Å²) in [5.41, 5.74) is -0.432. The summed E-state index contributed by atoms with van der Waals surface area (Å²) in [5.74, 6) is 1.10. The maximum Gasteiger partial charge on any atom is 0.410 e. The Hall–Kier alpha value is -0.730. The van der Waals surface area contributed by atoms with Crippen LogP contribution in [0.4, 0.5) is 4.79 Å². The van der Waals surface area contributed by atoms with E-state index < -0.39 is 5.60 Å². The van der Waals surface area contributed by atoms with Gasteiger partial charge in [0.1, 0.15) is 5.60 Å². The zero-order chi connectivity index (χ0) is 17.3. The maximum atomic E-state index is 12.6. The van der Waals surface area contributed by atoms with Gasteiger partial charge in [0.25, 0.3) is 0 Å². The Morgan fingerprint density at radius 2 is 1.64 bits per heavy atom. The summed E-state index contributed by atoms with van der Waals surface area (Å²) in [6.07, 6.45) is 5.79. The Morgan fingerprint density at radius 3 is 2.09 bits per heavy atom. The molecule has 0 rings (SSSR count). The Kier molecular flexibility index (Phi) is 9.79. The standard InChI is InChI=1S/C19H39NO2/c1-9-10-11-12-16(4)17(5)20(14-13-15(2)3)18(21)22-19(6,7)8/h15-17H,9-14H2,1-8H3/t16?,17-/m1/s1. The van der Waals surface area contributed by atoms with Gasteiger partial charge in [0.2, 0.25) is 0 Å². The number of amides is 1. The van der Waals surface area contributed by atoms with E-state index in [1.807, 2.05) is 25.7 Å². The van der Waals surface area contributed by atoms with Crippen molar-refractivity contribution in [2.75, 3.05) is 6.54 Å². The van der Waals surface area contributed by atoms with Gasteiger partial charge in [0, 0.05) is 12.6 Å². The summed E-state index contributed by atoms with van der Waals surface area (Å²) in [4.78, 5) is 14.5. The molecule has 1 unspecified atom stereocenters. The van der Waals surface area contributed by atoms with Gasteiger partial charge >= 0.3 is 6.09 Å². The van der Waals surface area contributed by atoms with Gasteiger partial charge in [0.05, 0.1) is 0 Å². The Morgan fingerprint density at radius 1 is 1.05 bits per heavy atom. The number of nitrogens with zero attached hydrogens (tertiary/aromatic N) is 1. The predicted molar refractivity (Wildman–Crippen MR) is 95.2 cm³/mol. The van der Waals surface area contributed by atoms with E-state index in [0.717, 1.165) is 13.0 Å². The van der Waals surface area contributed by atoms with Gasteiger partial charge < -0.3 is 9.64 Å². The number of hydrogen-bond donors (Lipinski definition) is 0. The fourth-order valence-corrected chi connectivity index (χ4v) is 2.44. The second-order valence-electron chi connectivity index (χ2n) is 8.07. The van der Waals surface area contributed by atoms with Crippen molar-refractivity contribution in [3.8, 4) is 0 Å². The average molecular weight is 314 g/mol. The highest BCUT2D eigenvalue weighted by Gasteiger charge is 2.28. The quantitative estimate of drug-likeness (QED) is 0.498. The van der Waals surface area contributed by atoms with Gasteiger partial charge in [0.15, 0.2) is 0 Å². The van der Waals surface area contributed by atoms with Crippen LogP contribution >= 0.6 is 0 Å². The lowest BCUT2D eigenvalue weighted by molar-refractivity contribution is 0.0109. The van der Waals surface area contributed by atoms with Gasteiger partial charge in [-0.3, -0.25) is 0 Å². The molecule has 0 aliphatic carbocycles. The molecule has 2 atom stereocenters. The zero-order valence-electron chi connectivity index (χ0n) is 16.2. The second kappa shape index (κ2) is 10.1. The summed E-state index contributed by atoms with van der Waals surface area (Å²) in [6.45, 7) is 17.6. The molecule has 0 saturated heterocycles. The Labute approximate surface area is 138 Å². The van der Waals surface area contributed by atoms with Crippen LogP contribution in [0.2, 0.25) is 0 Å². The smallest absolute Gasteiger partial charge is 0.410 e. The number of hydrogen-bond acceptors (Lipinski definition) is 2. The highest BCUT2D eigenvalue weighted by atomic mass is 16.6. The van der Waals surface area contributed by atoms with E-state index in [1.165, 1.54) is 25.7 Å². The number of carbonyl (C=O) groups excluding carboxylic acids is 1. The molecule has 0 spiro atoms. The molecule has 1 amide bonds. The predicted octanol–water partition coefficient (Wildman–Crippen LogP) is 5.87. The van der Waals surface area contributed by atoms with E-state index >= 15 is 0 Å².